The number of benzene rings is 4. The van der Waals surface area contributed by atoms with E-state index in [4.69, 9.17) is 11.6 Å². The molecule has 0 spiro atoms. The van der Waals surface area contributed by atoms with Crippen LogP contribution in [0.2, 0.25) is 5.02 Å². The van der Waals surface area contributed by atoms with Crippen LogP contribution < -0.4 is 14.8 Å². The Labute approximate surface area is 226 Å². The molecular formula is C27H24ClN3O5S2. The van der Waals surface area contributed by atoms with Crippen molar-refractivity contribution in [3.8, 4) is 0 Å². The molecule has 0 unspecified atom stereocenters. The molecule has 4 aromatic rings. The summed E-state index contributed by atoms with van der Waals surface area (Å²) in [5.74, 6) is -0.506. The highest BCUT2D eigenvalue weighted by Gasteiger charge is 2.18. The fourth-order valence-electron chi connectivity index (χ4n) is 3.42. The molecule has 0 heterocycles. The van der Waals surface area contributed by atoms with Crippen LogP contribution in [-0.2, 0) is 20.0 Å². The van der Waals surface area contributed by atoms with Crippen LogP contribution >= 0.6 is 11.6 Å². The standard InChI is InChI=1S/C27H24ClN3O5S2/c1-18-3-8-22(9-4-18)30-37(33,34)24-14-10-21(11-15-24)29-27(32)20-7-16-26(25(28)17-20)31-38(35,36)23-12-5-19(2)6-13-23/h3-17,30-31H,1-2H3,(H,29,32). The van der Waals surface area contributed by atoms with E-state index in [0.29, 0.717) is 11.4 Å². The molecule has 0 aliphatic carbocycles. The number of sulfonamides is 2. The summed E-state index contributed by atoms with van der Waals surface area (Å²) < 4.78 is 55.5. The Kier molecular flexibility index (Phi) is 7.77. The van der Waals surface area contributed by atoms with E-state index in [1.54, 1.807) is 36.4 Å². The number of anilines is 3. The van der Waals surface area contributed by atoms with Gasteiger partial charge in [-0.1, -0.05) is 47.0 Å². The fraction of sp³-hybridized carbons (Fsp3) is 0.0741. The Hall–Kier alpha value is -3.86. The summed E-state index contributed by atoms with van der Waals surface area (Å²) in [6.45, 7) is 3.76. The second-order valence-corrected chi connectivity index (χ2v) is 12.3. The number of aryl methyl sites for hydroxylation is 2. The zero-order chi connectivity index (χ0) is 27.5. The summed E-state index contributed by atoms with van der Waals surface area (Å²) >= 11 is 6.26. The van der Waals surface area contributed by atoms with Crippen LogP contribution in [0.4, 0.5) is 17.1 Å². The SMILES string of the molecule is Cc1ccc(NS(=O)(=O)c2ccc(NC(=O)c3ccc(NS(=O)(=O)c4ccc(C)cc4)c(Cl)c3)cc2)cc1. The average molecular weight is 570 g/mol. The number of nitrogens with one attached hydrogen (secondary N) is 3. The third-order valence-electron chi connectivity index (χ3n) is 5.53. The molecule has 4 aromatic carbocycles. The third kappa shape index (κ3) is 6.52. The Bertz CT molecular complexity index is 1690. The van der Waals surface area contributed by atoms with E-state index >= 15 is 0 Å². The first kappa shape index (κ1) is 27.2. The minimum absolute atomic E-state index is 0.0318. The smallest absolute Gasteiger partial charge is 0.261 e. The summed E-state index contributed by atoms with van der Waals surface area (Å²) in [5.41, 5.74) is 3.05. The van der Waals surface area contributed by atoms with Gasteiger partial charge in [-0.25, -0.2) is 16.8 Å². The minimum Gasteiger partial charge on any atom is -0.322 e. The van der Waals surface area contributed by atoms with Crippen LogP contribution in [0.25, 0.3) is 0 Å². The Morgan fingerprint density at radius 2 is 1.11 bits per heavy atom. The van der Waals surface area contributed by atoms with Crippen LogP contribution in [0.1, 0.15) is 21.5 Å². The van der Waals surface area contributed by atoms with Crippen LogP contribution in [0.5, 0.6) is 0 Å². The van der Waals surface area contributed by atoms with Gasteiger partial charge < -0.3 is 5.32 Å². The Morgan fingerprint density at radius 3 is 1.66 bits per heavy atom. The molecule has 8 nitrogen and oxygen atoms in total. The van der Waals surface area contributed by atoms with Crippen molar-refractivity contribution >= 4 is 54.6 Å². The maximum absolute atomic E-state index is 12.7. The summed E-state index contributed by atoms with van der Waals surface area (Å²) in [6, 6.07) is 23.1. The molecule has 38 heavy (non-hydrogen) atoms. The molecule has 0 aromatic heterocycles. The highest BCUT2D eigenvalue weighted by atomic mass is 35.5. The van der Waals surface area contributed by atoms with E-state index in [1.807, 2.05) is 13.8 Å². The molecule has 1 amide bonds. The van der Waals surface area contributed by atoms with E-state index in [0.717, 1.165) is 11.1 Å². The average Bonchev–Trinajstić information content (AvgIpc) is 2.87. The number of carbonyl (C=O) groups excluding carboxylic acids is 1. The van der Waals surface area contributed by atoms with Crippen molar-refractivity contribution in [3.63, 3.8) is 0 Å². The molecular weight excluding hydrogens is 546 g/mol. The quantitative estimate of drug-likeness (QED) is 0.247. The second-order valence-electron chi connectivity index (χ2n) is 8.56. The molecule has 196 valence electrons. The van der Waals surface area contributed by atoms with Gasteiger partial charge in [0.15, 0.2) is 0 Å². The van der Waals surface area contributed by atoms with Crippen LogP contribution in [0.3, 0.4) is 0 Å². The number of hydrogen-bond donors (Lipinski definition) is 3. The van der Waals surface area contributed by atoms with Gasteiger partial charge in [0.25, 0.3) is 26.0 Å². The van der Waals surface area contributed by atoms with Crippen molar-refractivity contribution in [2.24, 2.45) is 0 Å². The van der Waals surface area contributed by atoms with Gasteiger partial charge in [0, 0.05) is 16.9 Å². The number of rotatable bonds is 8. The summed E-state index contributed by atoms with van der Waals surface area (Å²) in [4.78, 5) is 12.8. The number of halogens is 1. The van der Waals surface area contributed by atoms with Gasteiger partial charge in [0.1, 0.15) is 0 Å². The highest BCUT2D eigenvalue weighted by Crippen LogP contribution is 2.27. The summed E-state index contributed by atoms with van der Waals surface area (Å²) in [6.07, 6.45) is 0. The molecule has 0 fully saturated rings. The molecule has 0 saturated carbocycles. The Balaban J connectivity index is 1.43. The highest BCUT2D eigenvalue weighted by molar-refractivity contribution is 7.93. The normalized spacial score (nSPS) is 11.6. The van der Waals surface area contributed by atoms with Crippen LogP contribution in [0.15, 0.2) is 101 Å². The van der Waals surface area contributed by atoms with Gasteiger partial charge in [-0.15, -0.1) is 0 Å². The molecule has 0 bridgehead atoms. The first-order valence-electron chi connectivity index (χ1n) is 11.3. The zero-order valence-electron chi connectivity index (χ0n) is 20.4. The Morgan fingerprint density at radius 1 is 0.632 bits per heavy atom. The van der Waals surface area contributed by atoms with E-state index in [9.17, 15) is 21.6 Å². The van der Waals surface area contributed by atoms with Crippen molar-refractivity contribution in [2.45, 2.75) is 23.6 Å². The molecule has 4 rings (SSSR count). The van der Waals surface area contributed by atoms with Crippen LogP contribution in [0, 0.1) is 13.8 Å². The van der Waals surface area contributed by atoms with E-state index < -0.39 is 26.0 Å². The lowest BCUT2D eigenvalue weighted by Gasteiger charge is -2.12. The second kappa shape index (κ2) is 10.9. The van der Waals surface area contributed by atoms with E-state index in [1.165, 1.54) is 54.6 Å². The largest absolute Gasteiger partial charge is 0.322 e. The van der Waals surface area contributed by atoms with Gasteiger partial charge in [0.05, 0.1) is 20.5 Å². The van der Waals surface area contributed by atoms with E-state index in [2.05, 4.69) is 14.8 Å². The maximum Gasteiger partial charge on any atom is 0.261 e. The van der Waals surface area contributed by atoms with Gasteiger partial charge in [-0.3, -0.25) is 14.2 Å². The van der Waals surface area contributed by atoms with Gasteiger partial charge in [-0.2, -0.15) is 0 Å². The van der Waals surface area contributed by atoms with Crippen molar-refractivity contribution < 1.29 is 21.6 Å². The van der Waals surface area contributed by atoms with Crippen LogP contribution in [-0.4, -0.2) is 22.7 Å². The lowest BCUT2D eigenvalue weighted by molar-refractivity contribution is 0.102. The molecule has 0 aliphatic heterocycles. The van der Waals surface area contributed by atoms with Gasteiger partial charge in [-0.05, 0) is 80.6 Å². The lowest BCUT2D eigenvalue weighted by Crippen LogP contribution is -2.15. The monoisotopic (exact) mass is 569 g/mol. The van der Waals surface area contributed by atoms with Gasteiger partial charge >= 0.3 is 0 Å². The predicted molar refractivity (Wildman–Crippen MR) is 150 cm³/mol. The minimum atomic E-state index is -3.86. The van der Waals surface area contributed by atoms with Crippen molar-refractivity contribution in [1.29, 1.82) is 0 Å². The summed E-state index contributed by atoms with van der Waals surface area (Å²) in [7, 11) is -7.67. The zero-order valence-corrected chi connectivity index (χ0v) is 22.8. The molecule has 3 N–H and O–H groups in total. The summed E-state index contributed by atoms with van der Waals surface area (Å²) in [5, 5.41) is 2.71. The molecule has 0 atom stereocenters. The fourth-order valence-corrected chi connectivity index (χ4v) is 5.84. The molecule has 11 heteroatoms. The number of amides is 1. The van der Waals surface area contributed by atoms with Crippen molar-refractivity contribution in [2.75, 3.05) is 14.8 Å². The number of hydrogen-bond acceptors (Lipinski definition) is 5. The first-order chi connectivity index (χ1) is 17.9. The molecule has 0 aliphatic rings. The predicted octanol–water partition coefficient (Wildman–Crippen LogP) is 5.81. The molecule has 0 saturated heterocycles. The van der Waals surface area contributed by atoms with E-state index in [-0.39, 0.29) is 26.1 Å². The van der Waals surface area contributed by atoms with Gasteiger partial charge in [0.2, 0.25) is 0 Å². The third-order valence-corrected chi connectivity index (χ3v) is 8.62. The number of carbonyl (C=O) groups is 1. The van der Waals surface area contributed by atoms with Crippen molar-refractivity contribution in [3.05, 3.63) is 113 Å². The lowest BCUT2D eigenvalue weighted by atomic mass is 10.2. The maximum atomic E-state index is 12.7. The first-order valence-corrected chi connectivity index (χ1v) is 14.7. The topological polar surface area (TPSA) is 121 Å². The van der Waals surface area contributed by atoms with Crippen molar-refractivity contribution in [1.82, 2.24) is 0 Å². The molecule has 0 radical (unpaired) electrons.